The van der Waals surface area contributed by atoms with E-state index in [0.717, 1.165) is 0 Å². The zero-order valence-electron chi connectivity index (χ0n) is 17.8. The summed E-state index contributed by atoms with van der Waals surface area (Å²) in [4.78, 5) is 27.7. The number of nitrogens with zero attached hydrogens (tertiary/aromatic N) is 2. The molecular formula is C25H24F2N2O3. The lowest BCUT2D eigenvalue weighted by atomic mass is 10.1. The van der Waals surface area contributed by atoms with Crippen LogP contribution in [-0.2, 0) is 11.2 Å². The Labute approximate surface area is 185 Å². The van der Waals surface area contributed by atoms with Gasteiger partial charge in [0.25, 0.3) is 0 Å². The topological polar surface area (TPSA) is 53.8 Å². The van der Waals surface area contributed by atoms with Crippen molar-refractivity contribution in [1.82, 2.24) is 4.90 Å². The van der Waals surface area contributed by atoms with Gasteiger partial charge in [-0.15, -0.1) is 0 Å². The van der Waals surface area contributed by atoms with Crippen LogP contribution in [0.3, 0.4) is 0 Å². The minimum atomic E-state index is -0.430. The van der Waals surface area contributed by atoms with Crippen molar-refractivity contribution in [3.8, 4) is 11.3 Å². The van der Waals surface area contributed by atoms with E-state index in [9.17, 15) is 18.4 Å². The van der Waals surface area contributed by atoms with E-state index in [1.807, 2.05) is 4.90 Å². The zero-order chi connectivity index (χ0) is 22.7. The molecule has 0 atom stereocenters. The maximum atomic E-state index is 14.4. The molecule has 1 aliphatic rings. The van der Waals surface area contributed by atoms with Crippen molar-refractivity contribution < 1.29 is 22.8 Å². The second-order valence-electron chi connectivity index (χ2n) is 7.84. The van der Waals surface area contributed by atoms with Gasteiger partial charge in [0.05, 0.1) is 11.3 Å². The predicted molar refractivity (Wildman–Crippen MR) is 118 cm³/mol. The molecule has 0 unspecified atom stereocenters. The van der Waals surface area contributed by atoms with Crippen LogP contribution >= 0.6 is 0 Å². The van der Waals surface area contributed by atoms with Crippen molar-refractivity contribution in [3.05, 3.63) is 77.6 Å². The van der Waals surface area contributed by atoms with Gasteiger partial charge in [0, 0.05) is 44.6 Å². The number of anilines is 1. The van der Waals surface area contributed by atoms with E-state index in [0.29, 0.717) is 60.9 Å². The molecule has 32 heavy (non-hydrogen) atoms. The SMILES string of the molecule is CC(=O)c1ccc(N2CCN(C(=O)CCc3ccc(-c4ccccc4F)o3)CC2)c(F)c1. The summed E-state index contributed by atoms with van der Waals surface area (Å²) >= 11 is 0. The molecule has 1 fully saturated rings. The van der Waals surface area contributed by atoms with E-state index in [1.165, 1.54) is 19.1 Å². The highest BCUT2D eigenvalue weighted by Gasteiger charge is 2.23. The molecule has 5 nitrogen and oxygen atoms in total. The molecule has 0 radical (unpaired) electrons. The molecule has 1 aliphatic heterocycles. The van der Waals surface area contributed by atoms with Gasteiger partial charge in [0.2, 0.25) is 5.91 Å². The Balaban J connectivity index is 1.30. The van der Waals surface area contributed by atoms with E-state index in [-0.39, 0.29) is 23.9 Å². The lowest BCUT2D eigenvalue weighted by Gasteiger charge is -2.36. The number of benzene rings is 2. The molecule has 1 aromatic heterocycles. The second-order valence-corrected chi connectivity index (χ2v) is 7.84. The van der Waals surface area contributed by atoms with Crippen molar-refractivity contribution >= 4 is 17.4 Å². The van der Waals surface area contributed by atoms with E-state index >= 15 is 0 Å². The first-order chi connectivity index (χ1) is 15.4. The summed E-state index contributed by atoms with van der Waals surface area (Å²) in [6, 6.07) is 14.4. The van der Waals surface area contributed by atoms with Crippen LogP contribution < -0.4 is 4.90 Å². The normalized spacial score (nSPS) is 14.0. The Bertz CT molecular complexity index is 1130. The van der Waals surface area contributed by atoms with Crippen LogP contribution in [0.2, 0.25) is 0 Å². The number of Topliss-reactive ketones (excluding diaryl/α,β-unsaturated/α-hetero) is 1. The highest BCUT2D eigenvalue weighted by Crippen LogP contribution is 2.26. The Morgan fingerprint density at radius 3 is 2.38 bits per heavy atom. The Morgan fingerprint density at radius 1 is 0.938 bits per heavy atom. The van der Waals surface area contributed by atoms with Gasteiger partial charge in [0.15, 0.2) is 5.78 Å². The fraction of sp³-hybridized carbons (Fsp3) is 0.280. The van der Waals surface area contributed by atoms with Crippen molar-refractivity contribution in [1.29, 1.82) is 0 Å². The highest BCUT2D eigenvalue weighted by atomic mass is 19.1. The third-order valence-electron chi connectivity index (χ3n) is 5.71. The molecule has 2 heterocycles. The van der Waals surface area contributed by atoms with Gasteiger partial charge in [-0.1, -0.05) is 12.1 Å². The number of ketones is 1. The van der Waals surface area contributed by atoms with Crippen LogP contribution in [0.1, 0.15) is 29.5 Å². The number of hydrogen-bond donors (Lipinski definition) is 0. The van der Waals surface area contributed by atoms with Gasteiger partial charge in [-0.25, -0.2) is 8.78 Å². The largest absolute Gasteiger partial charge is 0.461 e. The molecule has 0 bridgehead atoms. The molecule has 0 spiro atoms. The van der Waals surface area contributed by atoms with E-state index in [2.05, 4.69) is 0 Å². The summed E-state index contributed by atoms with van der Waals surface area (Å²) in [7, 11) is 0. The third kappa shape index (κ3) is 4.72. The number of halogens is 2. The van der Waals surface area contributed by atoms with Gasteiger partial charge < -0.3 is 14.2 Å². The average Bonchev–Trinajstić information content (AvgIpc) is 3.26. The average molecular weight is 438 g/mol. The summed E-state index contributed by atoms with van der Waals surface area (Å²) in [5.74, 6) is 0.111. The fourth-order valence-corrected chi connectivity index (χ4v) is 3.89. The van der Waals surface area contributed by atoms with Crippen molar-refractivity contribution in [2.75, 3.05) is 31.1 Å². The van der Waals surface area contributed by atoms with Crippen LogP contribution in [0.4, 0.5) is 14.5 Å². The lowest BCUT2D eigenvalue weighted by Crippen LogP contribution is -2.49. The molecule has 3 aromatic rings. The molecule has 166 valence electrons. The third-order valence-corrected chi connectivity index (χ3v) is 5.71. The van der Waals surface area contributed by atoms with E-state index in [4.69, 9.17) is 4.42 Å². The first-order valence-corrected chi connectivity index (χ1v) is 10.6. The molecule has 0 saturated carbocycles. The van der Waals surface area contributed by atoms with Gasteiger partial charge in [-0.2, -0.15) is 0 Å². The molecule has 1 amide bonds. The number of aryl methyl sites for hydroxylation is 1. The molecule has 2 aromatic carbocycles. The summed E-state index contributed by atoms with van der Waals surface area (Å²) in [5, 5.41) is 0. The number of piperazine rings is 1. The smallest absolute Gasteiger partial charge is 0.223 e. The monoisotopic (exact) mass is 438 g/mol. The lowest BCUT2D eigenvalue weighted by molar-refractivity contribution is -0.131. The van der Waals surface area contributed by atoms with E-state index in [1.54, 1.807) is 47.4 Å². The molecule has 7 heteroatoms. The molecular weight excluding hydrogens is 414 g/mol. The van der Waals surface area contributed by atoms with Crippen LogP contribution in [0, 0.1) is 11.6 Å². The standard InChI is InChI=1S/C25H24F2N2O3/c1-17(30)18-6-9-23(22(27)16-18)28-12-14-29(15-13-28)25(31)11-8-19-7-10-24(32-19)20-4-2-3-5-21(20)26/h2-7,9-10,16H,8,11-15H2,1H3. The van der Waals surface area contributed by atoms with E-state index < -0.39 is 5.82 Å². The molecule has 0 aliphatic carbocycles. The maximum absolute atomic E-state index is 14.4. The summed E-state index contributed by atoms with van der Waals surface area (Å²) in [6.45, 7) is 3.42. The number of rotatable bonds is 6. The first kappa shape index (κ1) is 21.7. The quantitative estimate of drug-likeness (QED) is 0.523. The van der Waals surface area contributed by atoms with Crippen LogP contribution in [0.25, 0.3) is 11.3 Å². The van der Waals surface area contributed by atoms with Crippen LogP contribution in [-0.4, -0.2) is 42.8 Å². The molecule has 1 saturated heterocycles. The van der Waals surface area contributed by atoms with Gasteiger partial charge in [-0.05, 0) is 49.4 Å². The predicted octanol–water partition coefficient (Wildman–Crippen LogP) is 4.71. The molecule has 0 N–H and O–H groups in total. The van der Waals surface area contributed by atoms with Crippen LogP contribution in [0.5, 0.6) is 0 Å². The van der Waals surface area contributed by atoms with Crippen molar-refractivity contribution in [2.45, 2.75) is 19.8 Å². The minimum Gasteiger partial charge on any atom is -0.461 e. The van der Waals surface area contributed by atoms with Gasteiger partial charge in [0.1, 0.15) is 23.2 Å². The fourth-order valence-electron chi connectivity index (χ4n) is 3.89. The summed E-state index contributed by atoms with van der Waals surface area (Å²) in [6.07, 6.45) is 0.709. The highest BCUT2D eigenvalue weighted by molar-refractivity contribution is 5.94. The summed E-state index contributed by atoms with van der Waals surface area (Å²) in [5.41, 5.74) is 1.18. The minimum absolute atomic E-state index is 0.000825. The number of carbonyl (C=O) groups is 2. The maximum Gasteiger partial charge on any atom is 0.223 e. The second kappa shape index (κ2) is 9.34. The Morgan fingerprint density at radius 2 is 1.69 bits per heavy atom. The molecule has 4 rings (SSSR count). The van der Waals surface area contributed by atoms with Gasteiger partial charge >= 0.3 is 0 Å². The van der Waals surface area contributed by atoms with Gasteiger partial charge in [-0.3, -0.25) is 9.59 Å². The van der Waals surface area contributed by atoms with Crippen LogP contribution in [0.15, 0.2) is 59.0 Å². The van der Waals surface area contributed by atoms with Crippen molar-refractivity contribution in [3.63, 3.8) is 0 Å². The number of hydrogen-bond acceptors (Lipinski definition) is 4. The zero-order valence-corrected chi connectivity index (χ0v) is 17.8. The number of furan rings is 1. The summed E-state index contributed by atoms with van der Waals surface area (Å²) < 4.78 is 34.0. The number of amides is 1. The Hall–Kier alpha value is -3.48. The Kier molecular flexibility index (Phi) is 6.35. The first-order valence-electron chi connectivity index (χ1n) is 10.6. The van der Waals surface area contributed by atoms with Crippen molar-refractivity contribution in [2.24, 2.45) is 0 Å². The number of carbonyl (C=O) groups excluding carboxylic acids is 2.